The van der Waals surface area contributed by atoms with Crippen molar-refractivity contribution in [3.63, 3.8) is 0 Å². The Balaban J connectivity index is 2.80. The minimum absolute atomic E-state index is 0.915. The molecule has 0 fully saturated rings. The normalized spacial score (nSPS) is 9.40. The second kappa shape index (κ2) is 3.52. The van der Waals surface area contributed by atoms with Gasteiger partial charge in [-0.25, -0.2) is 0 Å². The van der Waals surface area contributed by atoms with Gasteiger partial charge in [-0.05, 0) is 30.5 Å². The van der Waals surface area contributed by atoms with E-state index in [1.165, 1.54) is 4.90 Å². The van der Waals surface area contributed by atoms with Crippen LogP contribution in [-0.4, -0.2) is 13.4 Å². The predicted octanol–water partition coefficient (Wildman–Crippen LogP) is 2.42. The van der Waals surface area contributed by atoms with Crippen LogP contribution in [-0.2, 0) is 0 Å². The summed E-state index contributed by atoms with van der Waals surface area (Å²) in [5.74, 6) is 0.915. The summed E-state index contributed by atoms with van der Waals surface area (Å²) in [6.07, 6.45) is 2.06. The van der Waals surface area contributed by atoms with Crippen LogP contribution < -0.4 is 4.74 Å². The molecule has 54 valence electrons. The molecule has 0 aromatic heterocycles. The minimum Gasteiger partial charge on any atom is -0.497 e. The Labute approximate surface area is 65.4 Å². The van der Waals surface area contributed by atoms with Crippen molar-refractivity contribution in [3.05, 3.63) is 24.3 Å². The summed E-state index contributed by atoms with van der Waals surface area (Å²) in [5, 5.41) is 0. The molecule has 0 spiro atoms. The molecule has 0 atom stereocenters. The largest absolute Gasteiger partial charge is 0.497 e. The highest BCUT2D eigenvalue weighted by molar-refractivity contribution is 7.98. The second-order valence-corrected chi connectivity index (χ2v) is 2.76. The maximum absolute atomic E-state index is 5.00. The van der Waals surface area contributed by atoms with Gasteiger partial charge in [-0.1, -0.05) is 0 Å². The van der Waals surface area contributed by atoms with Gasteiger partial charge in [0.25, 0.3) is 0 Å². The Morgan fingerprint density at radius 1 is 1.20 bits per heavy atom. The molecular weight excluding hydrogens is 144 g/mol. The predicted molar refractivity (Wildman–Crippen MR) is 44.8 cm³/mol. The van der Waals surface area contributed by atoms with Crippen molar-refractivity contribution >= 4 is 11.8 Å². The van der Waals surface area contributed by atoms with Gasteiger partial charge in [-0.3, -0.25) is 0 Å². The lowest BCUT2D eigenvalue weighted by Gasteiger charge is -1.98. The van der Waals surface area contributed by atoms with Gasteiger partial charge in [0.15, 0.2) is 0 Å². The van der Waals surface area contributed by atoms with E-state index in [2.05, 4.69) is 6.26 Å². The third kappa shape index (κ3) is 1.67. The topological polar surface area (TPSA) is 9.23 Å². The fraction of sp³-hybridized carbons (Fsp3) is 0.250. The minimum atomic E-state index is 0.915. The molecule has 0 unspecified atom stereocenters. The summed E-state index contributed by atoms with van der Waals surface area (Å²) < 4.78 is 5.00. The SMILES string of the molecule is COc1ccc(SC)cc1. The number of rotatable bonds is 2. The van der Waals surface area contributed by atoms with E-state index in [0.29, 0.717) is 0 Å². The molecule has 10 heavy (non-hydrogen) atoms. The van der Waals surface area contributed by atoms with Crippen LogP contribution in [0.5, 0.6) is 5.75 Å². The molecule has 1 aromatic carbocycles. The molecule has 0 bridgehead atoms. The molecule has 2 heteroatoms. The summed E-state index contributed by atoms with van der Waals surface area (Å²) in [6.45, 7) is 0. The van der Waals surface area contributed by atoms with Crippen LogP contribution in [0.1, 0.15) is 0 Å². The third-order valence-electron chi connectivity index (χ3n) is 1.30. The number of benzene rings is 1. The lowest BCUT2D eigenvalue weighted by molar-refractivity contribution is 0.414. The van der Waals surface area contributed by atoms with E-state index in [4.69, 9.17) is 4.74 Å². The van der Waals surface area contributed by atoms with Gasteiger partial charge in [-0.2, -0.15) is 0 Å². The first kappa shape index (κ1) is 7.48. The molecule has 0 aliphatic rings. The zero-order valence-electron chi connectivity index (χ0n) is 6.13. The van der Waals surface area contributed by atoms with Crippen LogP contribution in [0.25, 0.3) is 0 Å². The summed E-state index contributed by atoms with van der Waals surface area (Å²) >= 11 is 1.73. The number of ether oxygens (including phenoxy) is 1. The molecule has 0 aliphatic heterocycles. The molecule has 0 amide bonds. The van der Waals surface area contributed by atoms with Crippen LogP contribution in [0, 0.1) is 0 Å². The van der Waals surface area contributed by atoms with E-state index in [9.17, 15) is 0 Å². The van der Waals surface area contributed by atoms with Gasteiger partial charge in [0.1, 0.15) is 5.75 Å². The number of methoxy groups -OCH3 is 1. The lowest BCUT2D eigenvalue weighted by atomic mass is 10.3. The van der Waals surface area contributed by atoms with Gasteiger partial charge in [0.2, 0.25) is 0 Å². The van der Waals surface area contributed by atoms with Gasteiger partial charge in [-0.15, -0.1) is 11.8 Å². The first-order chi connectivity index (χ1) is 4.86. The standard InChI is InChI=1S/C8H10OS/c1-9-7-3-5-8(10-2)6-4-7/h3-6H,1-2H3. The zero-order chi connectivity index (χ0) is 7.40. The highest BCUT2D eigenvalue weighted by Gasteiger charge is 1.89. The Morgan fingerprint density at radius 3 is 2.20 bits per heavy atom. The maximum Gasteiger partial charge on any atom is 0.118 e. The van der Waals surface area contributed by atoms with Crippen molar-refractivity contribution in [1.82, 2.24) is 0 Å². The van der Waals surface area contributed by atoms with E-state index in [-0.39, 0.29) is 0 Å². The monoisotopic (exact) mass is 154 g/mol. The molecule has 0 heterocycles. The van der Waals surface area contributed by atoms with E-state index < -0.39 is 0 Å². The van der Waals surface area contributed by atoms with Crippen LogP contribution in [0.15, 0.2) is 29.2 Å². The molecule has 1 nitrogen and oxygen atoms in total. The van der Waals surface area contributed by atoms with Gasteiger partial charge in [0, 0.05) is 4.90 Å². The molecule has 1 aromatic rings. The van der Waals surface area contributed by atoms with Gasteiger partial charge < -0.3 is 4.74 Å². The Kier molecular flexibility index (Phi) is 2.63. The second-order valence-electron chi connectivity index (χ2n) is 1.88. The lowest BCUT2D eigenvalue weighted by Crippen LogP contribution is -1.80. The first-order valence-corrected chi connectivity index (χ1v) is 4.27. The summed E-state index contributed by atoms with van der Waals surface area (Å²) in [5.41, 5.74) is 0. The van der Waals surface area contributed by atoms with Crippen LogP contribution >= 0.6 is 11.8 Å². The van der Waals surface area contributed by atoms with Crippen molar-refractivity contribution in [2.75, 3.05) is 13.4 Å². The van der Waals surface area contributed by atoms with Crippen molar-refractivity contribution in [2.45, 2.75) is 4.90 Å². The number of hydrogen-bond donors (Lipinski definition) is 0. The average molecular weight is 154 g/mol. The molecule has 0 saturated carbocycles. The fourth-order valence-corrected chi connectivity index (χ4v) is 1.12. The van der Waals surface area contributed by atoms with E-state index in [1.54, 1.807) is 18.9 Å². The van der Waals surface area contributed by atoms with E-state index >= 15 is 0 Å². The van der Waals surface area contributed by atoms with E-state index in [1.807, 2.05) is 24.3 Å². The Morgan fingerprint density at radius 2 is 1.80 bits per heavy atom. The smallest absolute Gasteiger partial charge is 0.118 e. The number of hydrogen-bond acceptors (Lipinski definition) is 2. The van der Waals surface area contributed by atoms with E-state index in [0.717, 1.165) is 5.75 Å². The summed E-state index contributed by atoms with van der Waals surface area (Å²) in [6, 6.07) is 8.02. The van der Waals surface area contributed by atoms with Crippen molar-refractivity contribution in [2.24, 2.45) is 0 Å². The average Bonchev–Trinajstić information content (AvgIpc) is 2.05. The molecule has 0 N–H and O–H groups in total. The summed E-state index contributed by atoms with van der Waals surface area (Å²) in [4.78, 5) is 1.26. The van der Waals surface area contributed by atoms with Crippen LogP contribution in [0.4, 0.5) is 0 Å². The molecular formula is C8H10OS. The van der Waals surface area contributed by atoms with Gasteiger partial charge in [0.05, 0.1) is 7.11 Å². The molecule has 1 rings (SSSR count). The van der Waals surface area contributed by atoms with Crippen LogP contribution in [0.2, 0.25) is 0 Å². The Bertz CT molecular complexity index is 170. The first-order valence-electron chi connectivity index (χ1n) is 3.05. The van der Waals surface area contributed by atoms with Crippen molar-refractivity contribution in [3.8, 4) is 5.75 Å². The third-order valence-corrected chi connectivity index (χ3v) is 2.04. The quantitative estimate of drug-likeness (QED) is 0.605. The zero-order valence-corrected chi connectivity index (χ0v) is 6.94. The number of thioether (sulfide) groups is 1. The highest BCUT2D eigenvalue weighted by atomic mass is 32.2. The molecule has 0 radical (unpaired) electrons. The summed E-state index contributed by atoms with van der Waals surface area (Å²) in [7, 11) is 1.67. The van der Waals surface area contributed by atoms with Crippen LogP contribution in [0.3, 0.4) is 0 Å². The van der Waals surface area contributed by atoms with Crippen molar-refractivity contribution in [1.29, 1.82) is 0 Å². The fourth-order valence-electron chi connectivity index (χ4n) is 0.712. The Hall–Kier alpha value is -0.630. The molecule has 0 aliphatic carbocycles. The van der Waals surface area contributed by atoms with Crippen molar-refractivity contribution < 1.29 is 4.74 Å². The molecule has 0 saturated heterocycles. The van der Waals surface area contributed by atoms with Gasteiger partial charge >= 0.3 is 0 Å². The maximum atomic E-state index is 5.00. The highest BCUT2D eigenvalue weighted by Crippen LogP contribution is 2.18.